The van der Waals surface area contributed by atoms with E-state index in [1.54, 1.807) is 12.1 Å². The molecule has 0 spiro atoms. The van der Waals surface area contributed by atoms with Crippen molar-refractivity contribution in [1.82, 2.24) is 5.32 Å². The van der Waals surface area contributed by atoms with Crippen molar-refractivity contribution in [2.45, 2.75) is 45.6 Å². The highest BCUT2D eigenvalue weighted by Crippen LogP contribution is 2.33. The molecule has 1 rings (SSSR count). The lowest BCUT2D eigenvalue weighted by Crippen LogP contribution is -2.30. The summed E-state index contributed by atoms with van der Waals surface area (Å²) in [5.41, 5.74) is 0. The van der Waals surface area contributed by atoms with Crippen LogP contribution in [-0.2, 0) is 0 Å². The highest BCUT2D eigenvalue weighted by molar-refractivity contribution is 9.10. The Morgan fingerprint density at radius 3 is 2.70 bits per heavy atom. The smallest absolute Gasteiger partial charge is 0.139 e. The highest BCUT2D eigenvalue weighted by atomic mass is 79.9. The third-order valence-electron chi connectivity index (χ3n) is 3.07. The van der Waals surface area contributed by atoms with Gasteiger partial charge in [0.25, 0.3) is 0 Å². The Hall–Kier alpha value is 0.0400. The minimum absolute atomic E-state index is 0.522. The number of halogens is 3. The normalized spacial score (nSPS) is 12.4. The minimum atomic E-state index is 0.522. The first-order valence-electron chi connectivity index (χ1n) is 7.05. The van der Waals surface area contributed by atoms with E-state index in [4.69, 9.17) is 27.9 Å². The molecule has 1 N–H and O–H groups in total. The molecular formula is C15H22BrCl2NO. The van der Waals surface area contributed by atoms with Crippen molar-refractivity contribution in [1.29, 1.82) is 0 Å². The standard InChI is InChI=1S/C15H22BrCl2NO/c1-3-4-5-6-11(2)19-7-8-20-15-10-13(17)12(16)9-14(15)18/h9-11,19H,3-8H2,1-2H3. The van der Waals surface area contributed by atoms with Gasteiger partial charge < -0.3 is 10.1 Å². The summed E-state index contributed by atoms with van der Waals surface area (Å²) in [5.74, 6) is 0.625. The maximum Gasteiger partial charge on any atom is 0.139 e. The average molecular weight is 383 g/mol. The predicted octanol–water partition coefficient (Wildman–Crippen LogP) is 5.69. The van der Waals surface area contributed by atoms with Crippen molar-refractivity contribution in [2.75, 3.05) is 13.2 Å². The van der Waals surface area contributed by atoms with Gasteiger partial charge in [0.2, 0.25) is 0 Å². The highest BCUT2D eigenvalue weighted by Gasteiger charge is 2.07. The first kappa shape index (κ1) is 18.1. The lowest BCUT2D eigenvalue weighted by Gasteiger charge is -2.14. The molecule has 0 aliphatic heterocycles. The third-order valence-corrected chi connectivity index (χ3v) is 4.56. The molecule has 1 atom stereocenters. The number of hydrogen-bond donors (Lipinski definition) is 1. The summed E-state index contributed by atoms with van der Waals surface area (Å²) in [6.07, 6.45) is 5.05. The molecule has 2 nitrogen and oxygen atoms in total. The number of hydrogen-bond acceptors (Lipinski definition) is 2. The van der Waals surface area contributed by atoms with Crippen LogP contribution in [0.25, 0.3) is 0 Å². The van der Waals surface area contributed by atoms with Crippen LogP contribution in [-0.4, -0.2) is 19.2 Å². The van der Waals surface area contributed by atoms with Crippen molar-refractivity contribution >= 4 is 39.1 Å². The molecule has 0 saturated carbocycles. The van der Waals surface area contributed by atoms with Crippen LogP contribution in [0.3, 0.4) is 0 Å². The molecule has 5 heteroatoms. The van der Waals surface area contributed by atoms with Gasteiger partial charge in [-0.1, -0.05) is 49.4 Å². The molecular weight excluding hydrogens is 361 g/mol. The van der Waals surface area contributed by atoms with Crippen LogP contribution in [0.1, 0.15) is 39.5 Å². The first-order chi connectivity index (χ1) is 9.54. The van der Waals surface area contributed by atoms with E-state index in [1.807, 2.05) is 0 Å². The van der Waals surface area contributed by atoms with Crippen molar-refractivity contribution in [2.24, 2.45) is 0 Å². The molecule has 1 unspecified atom stereocenters. The van der Waals surface area contributed by atoms with Crippen LogP contribution in [0.15, 0.2) is 16.6 Å². The monoisotopic (exact) mass is 381 g/mol. The molecule has 114 valence electrons. The van der Waals surface area contributed by atoms with Gasteiger partial charge in [0.1, 0.15) is 12.4 Å². The van der Waals surface area contributed by atoms with Gasteiger partial charge in [0.15, 0.2) is 0 Å². The van der Waals surface area contributed by atoms with Crippen LogP contribution in [0.5, 0.6) is 5.75 Å². The fraction of sp³-hybridized carbons (Fsp3) is 0.600. The quantitative estimate of drug-likeness (QED) is 0.437. The second-order valence-electron chi connectivity index (χ2n) is 4.90. The molecule has 20 heavy (non-hydrogen) atoms. The third kappa shape index (κ3) is 6.66. The Kier molecular flexibility index (Phi) is 8.94. The topological polar surface area (TPSA) is 21.3 Å². The van der Waals surface area contributed by atoms with Crippen molar-refractivity contribution in [3.63, 3.8) is 0 Å². The van der Waals surface area contributed by atoms with Crippen LogP contribution in [0.4, 0.5) is 0 Å². The molecule has 0 amide bonds. The number of rotatable bonds is 9. The van der Waals surface area contributed by atoms with Gasteiger partial charge in [-0.2, -0.15) is 0 Å². The first-order valence-corrected chi connectivity index (χ1v) is 8.60. The van der Waals surface area contributed by atoms with Gasteiger partial charge in [-0.15, -0.1) is 0 Å². The molecule has 1 aromatic carbocycles. The Balaban J connectivity index is 2.26. The van der Waals surface area contributed by atoms with Crippen molar-refractivity contribution < 1.29 is 4.74 Å². The maximum atomic E-state index is 6.09. The number of benzene rings is 1. The van der Waals surface area contributed by atoms with E-state index in [0.29, 0.717) is 28.4 Å². The lowest BCUT2D eigenvalue weighted by molar-refractivity contribution is 0.304. The minimum Gasteiger partial charge on any atom is -0.491 e. The zero-order valence-corrected chi connectivity index (χ0v) is 15.1. The average Bonchev–Trinajstić information content (AvgIpc) is 2.40. The molecule has 0 heterocycles. The maximum absolute atomic E-state index is 6.09. The van der Waals surface area contributed by atoms with Crippen LogP contribution in [0, 0.1) is 0 Å². The van der Waals surface area contributed by atoms with E-state index < -0.39 is 0 Å². The van der Waals surface area contributed by atoms with Gasteiger partial charge in [-0.25, -0.2) is 0 Å². The predicted molar refractivity (Wildman–Crippen MR) is 91.3 cm³/mol. The molecule has 0 radical (unpaired) electrons. The zero-order chi connectivity index (χ0) is 15.0. The summed E-state index contributed by atoms with van der Waals surface area (Å²) in [6, 6.07) is 4.01. The summed E-state index contributed by atoms with van der Waals surface area (Å²) < 4.78 is 6.43. The Morgan fingerprint density at radius 2 is 2.00 bits per heavy atom. The number of nitrogens with one attached hydrogen (secondary N) is 1. The van der Waals surface area contributed by atoms with Crippen LogP contribution in [0.2, 0.25) is 10.0 Å². The lowest BCUT2D eigenvalue weighted by atomic mass is 10.1. The molecule has 0 aliphatic carbocycles. The van der Waals surface area contributed by atoms with Gasteiger partial charge in [0.05, 0.1) is 10.0 Å². The second-order valence-corrected chi connectivity index (χ2v) is 6.56. The Labute approximate surface area is 140 Å². The summed E-state index contributed by atoms with van der Waals surface area (Å²) in [7, 11) is 0. The SMILES string of the molecule is CCCCCC(C)NCCOc1cc(Cl)c(Br)cc1Cl. The molecule has 0 aliphatic rings. The molecule has 0 aromatic heterocycles. The van der Waals surface area contributed by atoms with Crippen LogP contribution < -0.4 is 10.1 Å². The van der Waals surface area contributed by atoms with Crippen molar-refractivity contribution in [3.8, 4) is 5.75 Å². The fourth-order valence-corrected chi connectivity index (χ4v) is 2.73. The van der Waals surface area contributed by atoms with Crippen molar-refractivity contribution in [3.05, 3.63) is 26.7 Å². The van der Waals surface area contributed by atoms with Gasteiger partial charge >= 0.3 is 0 Å². The van der Waals surface area contributed by atoms with E-state index in [-0.39, 0.29) is 0 Å². The van der Waals surface area contributed by atoms with Crippen LogP contribution >= 0.6 is 39.1 Å². The second kappa shape index (κ2) is 9.88. The Bertz CT molecular complexity index is 415. The summed E-state index contributed by atoms with van der Waals surface area (Å²) in [4.78, 5) is 0. The van der Waals surface area contributed by atoms with Gasteiger partial charge in [-0.05, 0) is 35.3 Å². The molecule has 0 fully saturated rings. The molecule has 1 aromatic rings. The largest absolute Gasteiger partial charge is 0.491 e. The Morgan fingerprint density at radius 1 is 1.25 bits per heavy atom. The summed E-state index contributed by atoms with van der Waals surface area (Å²) in [6.45, 7) is 5.81. The zero-order valence-electron chi connectivity index (χ0n) is 12.0. The van der Waals surface area contributed by atoms with E-state index in [0.717, 1.165) is 11.0 Å². The summed E-state index contributed by atoms with van der Waals surface area (Å²) >= 11 is 15.4. The summed E-state index contributed by atoms with van der Waals surface area (Å²) in [5, 5.41) is 4.62. The van der Waals surface area contributed by atoms with E-state index in [1.165, 1.54) is 25.7 Å². The molecule has 0 saturated heterocycles. The van der Waals surface area contributed by atoms with E-state index in [9.17, 15) is 0 Å². The number of ether oxygens (including phenoxy) is 1. The van der Waals surface area contributed by atoms with Gasteiger partial charge in [0, 0.05) is 23.1 Å². The fourth-order valence-electron chi connectivity index (χ4n) is 1.88. The van der Waals surface area contributed by atoms with Gasteiger partial charge in [-0.3, -0.25) is 0 Å². The molecule has 0 bridgehead atoms. The van der Waals surface area contributed by atoms with E-state index >= 15 is 0 Å². The number of unbranched alkanes of at least 4 members (excludes halogenated alkanes) is 2. The van der Waals surface area contributed by atoms with E-state index in [2.05, 4.69) is 35.1 Å².